The molecule has 0 atom stereocenters. The van der Waals surface area contributed by atoms with E-state index >= 15 is 0 Å². The fourth-order valence-electron chi connectivity index (χ4n) is 3.96. The number of carbonyl (C=O) groups excluding carboxylic acids is 1. The van der Waals surface area contributed by atoms with Crippen molar-refractivity contribution in [3.05, 3.63) is 88.4 Å². The zero-order chi connectivity index (χ0) is 20.8. The molecule has 0 bridgehead atoms. The summed E-state index contributed by atoms with van der Waals surface area (Å²) < 4.78 is 3.15. The van der Waals surface area contributed by atoms with Crippen LogP contribution in [0.5, 0.6) is 0 Å². The number of likely N-dealkylation sites (tertiary alicyclic amines) is 1. The van der Waals surface area contributed by atoms with Crippen LogP contribution in [-0.4, -0.2) is 33.4 Å². The van der Waals surface area contributed by atoms with Crippen molar-refractivity contribution in [2.75, 3.05) is 13.1 Å². The van der Waals surface area contributed by atoms with Crippen LogP contribution in [0.3, 0.4) is 0 Å². The number of benzene rings is 2. The number of amides is 1. The van der Waals surface area contributed by atoms with Crippen LogP contribution in [0.1, 0.15) is 29.5 Å². The highest BCUT2D eigenvalue weighted by molar-refractivity contribution is 9.10. The molecule has 1 aliphatic rings. The second-order valence-electron chi connectivity index (χ2n) is 7.95. The van der Waals surface area contributed by atoms with Crippen LogP contribution in [0, 0.1) is 5.92 Å². The molecule has 6 heteroatoms. The van der Waals surface area contributed by atoms with E-state index in [9.17, 15) is 4.79 Å². The second kappa shape index (κ2) is 10.0. The average molecular weight is 467 g/mol. The monoisotopic (exact) mass is 466 g/mol. The van der Waals surface area contributed by atoms with Gasteiger partial charge in [-0.25, -0.2) is 4.98 Å². The quantitative estimate of drug-likeness (QED) is 0.566. The highest BCUT2D eigenvalue weighted by atomic mass is 79.9. The van der Waals surface area contributed by atoms with E-state index in [0.717, 1.165) is 49.1 Å². The highest BCUT2D eigenvalue weighted by Gasteiger charge is 2.24. The molecule has 5 nitrogen and oxygen atoms in total. The molecule has 1 N–H and O–H groups in total. The Labute approximate surface area is 186 Å². The van der Waals surface area contributed by atoms with Gasteiger partial charge in [-0.05, 0) is 54.8 Å². The molecule has 1 aliphatic heterocycles. The van der Waals surface area contributed by atoms with Gasteiger partial charge < -0.3 is 9.88 Å². The van der Waals surface area contributed by atoms with Gasteiger partial charge in [0.05, 0.1) is 6.33 Å². The molecule has 4 rings (SSSR count). The maximum absolute atomic E-state index is 12.7. The van der Waals surface area contributed by atoms with Gasteiger partial charge in [-0.3, -0.25) is 9.69 Å². The van der Waals surface area contributed by atoms with E-state index < -0.39 is 0 Å². The number of halogens is 1. The number of hydrogen-bond donors (Lipinski definition) is 1. The first-order valence-electron chi connectivity index (χ1n) is 10.4. The molecule has 1 amide bonds. The molecular formula is C24H27BrN4O. The fourth-order valence-corrected chi connectivity index (χ4v) is 4.23. The van der Waals surface area contributed by atoms with Gasteiger partial charge in [-0.15, -0.1) is 0 Å². The number of hydrogen-bond acceptors (Lipinski definition) is 3. The van der Waals surface area contributed by atoms with E-state index in [1.165, 1.54) is 11.1 Å². The molecule has 2 heterocycles. The van der Waals surface area contributed by atoms with Crippen molar-refractivity contribution in [1.82, 2.24) is 19.8 Å². The number of nitrogens with zero attached hydrogens (tertiary/aromatic N) is 3. The molecule has 1 aromatic heterocycles. The molecule has 1 saturated heterocycles. The van der Waals surface area contributed by atoms with E-state index in [4.69, 9.17) is 0 Å². The molecular weight excluding hydrogens is 440 g/mol. The molecule has 0 saturated carbocycles. The lowest BCUT2D eigenvalue weighted by Gasteiger charge is -2.31. The zero-order valence-electron chi connectivity index (χ0n) is 17.0. The molecule has 1 fully saturated rings. The molecule has 2 aromatic carbocycles. The van der Waals surface area contributed by atoms with Gasteiger partial charge in [0.25, 0.3) is 0 Å². The van der Waals surface area contributed by atoms with Crippen molar-refractivity contribution in [2.45, 2.75) is 32.5 Å². The topological polar surface area (TPSA) is 50.2 Å². The minimum atomic E-state index is 0.111. The highest BCUT2D eigenvalue weighted by Crippen LogP contribution is 2.20. The van der Waals surface area contributed by atoms with Crippen molar-refractivity contribution in [2.24, 2.45) is 5.92 Å². The summed E-state index contributed by atoms with van der Waals surface area (Å²) in [5.74, 6) is 0.290. The predicted molar refractivity (Wildman–Crippen MR) is 122 cm³/mol. The Hall–Kier alpha value is -2.44. The first kappa shape index (κ1) is 20.8. The van der Waals surface area contributed by atoms with Gasteiger partial charge in [0, 0.05) is 42.4 Å². The molecule has 30 heavy (non-hydrogen) atoms. The largest absolute Gasteiger partial charge is 0.352 e. The SMILES string of the molecule is O=C(NCc1cccc(Cn2ccnc2)c1)C1CCN(Cc2ccc(Br)cc2)CC1. The number of nitrogens with one attached hydrogen (secondary N) is 1. The van der Waals surface area contributed by atoms with Crippen molar-refractivity contribution in [1.29, 1.82) is 0 Å². The first-order valence-corrected chi connectivity index (χ1v) is 11.2. The maximum atomic E-state index is 12.7. The third-order valence-corrected chi connectivity index (χ3v) is 6.19. The number of imidazole rings is 1. The third kappa shape index (κ3) is 5.80. The van der Waals surface area contributed by atoms with E-state index in [-0.39, 0.29) is 11.8 Å². The van der Waals surface area contributed by atoms with Gasteiger partial charge in [0.2, 0.25) is 5.91 Å². The van der Waals surface area contributed by atoms with Crippen LogP contribution in [0.25, 0.3) is 0 Å². The zero-order valence-corrected chi connectivity index (χ0v) is 18.6. The number of aromatic nitrogens is 2. The van der Waals surface area contributed by atoms with Crippen LogP contribution in [0.4, 0.5) is 0 Å². The van der Waals surface area contributed by atoms with Crippen LogP contribution in [0.15, 0.2) is 71.7 Å². The number of carbonyl (C=O) groups is 1. The lowest BCUT2D eigenvalue weighted by molar-refractivity contribution is -0.126. The number of piperidine rings is 1. The van der Waals surface area contributed by atoms with Gasteiger partial charge >= 0.3 is 0 Å². The summed E-state index contributed by atoms with van der Waals surface area (Å²) in [5, 5.41) is 3.14. The minimum absolute atomic E-state index is 0.111. The van der Waals surface area contributed by atoms with E-state index in [1.807, 2.05) is 23.2 Å². The molecule has 0 unspecified atom stereocenters. The molecule has 0 aliphatic carbocycles. The van der Waals surface area contributed by atoms with E-state index in [2.05, 4.69) is 73.6 Å². The Morgan fingerprint density at radius 1 is 1.03 bits per heavy atom. The molecule has 156 valence electrons. The summed E-state index contributed by atoms with van der Waals surface area (Å²) in [4.78, 5) is 19.2. The Morgan fingerprint density at radius 3 is 2.53 bits per heavy atom. The predicted octanol–water partition coefficient (Wildman–Crippen LogP) is 4.22. The van der Waals surface area contributed by atoms with Crippen molar-refractivity contribution < 1.29 is 4.79 Å². The van der Waals surface area contributed by atoms with Gasteiger partial charge in [0.1, 0.15) is 0 Å². The summed E-state index contributed by atoms with van der Waals surface area (Å²) in [6.45, 7) is 4.25. The standard InChI is InChI=1S/C24H27BrN4O/c25-23-6-4-19(5-7-23)16-28-11-8-22(9-12-28)24(30)27-15-20-2-1-3-21(14-20)17-29-13-10-26-18-29/h1-7,10,13-14,18,22H,8-9,11-12,15-17H2,(H,27,30). The number of rotatable bonds is 7. The van der Waals surface area contributed by atoms with Gasteiger partial charge in [-0.2, -0.15) is 0 Å². The third-order valence-electron chi connectivity index (χ3n) is 5.66. The Balaban J connectivity index is 1.23. The van der Waals surface area contributed by atoms with Crippen molar-refractivity contribution >= 4 is 21.8 Å². The summed E-state index contributed by atoms with van der Waals surface area (Å²) >= 11 is 3.48. The first-order chi connectivity index (χ1) is 14.7. The van der Waals surface area contributed by atoms with Crippen molar-refractivity contribution in [3.8, 4) is 0 Å². The Morgan fingerprint density at radius 2 is 1.80 bits per heavy atom. The second-order valence-corrected chi connectivity index (χ2v) is 8.87. The van der Waals surface area contributed by atoms with E-state index in [0.29, 0.717) is 6.54 Å². The maximum Gasteiger partial charge on any atom is 0.223 e. The molecule has 0 radical (unpaired) electrons. The lowest BCUT2D eigenvalue weighted by Crippen LogP contribution is -2.40. The normalized spacial score (nSPS) is 15.2. The van der Waals surface area contributed by atoms with Crippen LogP contribution in [0.2, 0.25) is 0 Å². The minimum Gasteiger partial charge on any atom is -0.352 e. The Bertz CT molecular complexity index is 948. The molecule has 3 aromatic rings. The van der Waals surface area contributed by atoms with E-state index in [1.54, 1.807) is 6.20 Å². The summed E-state index contributed by atoms with van der Waals surface area (Å²) in [6.07, 6.45) is 7.40. The lowest BCUT2D eigenvalue weighted by atomic mass is 9.95. The summed E-state index contributed by atoms with van der Waals surface area (Å²) in [5.41, 5.74) is 3.66. The van der Waals surface area contributed by atoms with Gasteiger partial charge in [0.15, 0.2) is 0 Å². The van der Waals surface area contributed by atoms with Crippen LogP contribution in [-0.2, 0) is 24.4 Å². The van der Waals surface area contributed by atoms with Crippen LogP contribution >= 0.6 is 15.9 Å². The summed E-state index contributed by atoms with van der Waals surface area (Å²) in [7, 11) is 0. The van der Waals surface area contributed by atoms with Crippen LogP contribution < -0.4 is 5.32 Å². The molecule has 0 spiro atoms. The van der Waals surface area contributed by atoms with Crippen molar-refractivity contribution in [3.63, 3.8) is 0 Å². The fraction of sp³-hybridized carbons (Fsp3) is 0.333. The average Bonchev–Trinajstić information content (AvgIpc) is 3.27. The Kier molecular flexibility index (Phi) is 6.97. The smallest absolute Gasteiger partial charge is 0.223 e. The van der Waals surface area contributed by atoms with Gasteiger partial charge in [-0.1, -0.05) is 52.3 Å². The summed E-state index contributed by atoms with van der Waals surface area (Å²) in [6, 6.07) is 16.9.